The third-order valence-corrected chi connectivity index (χ3v) is 3.37. The minimum Gasteiger partial charge on any atom is -0.484 e. The third kappa shape index (κ3) is 3.25. The molecule has 1 aliphatic heterocycles. The first-order chi connectivity index (χ1) is 8.66. The number of benzene rings is 1. The summed E-state index contributed by atoms with van der Waals surface area (Å²) in [6.07, 6.45) is 2.24. The lowest BCUT2D eigenvalue weighted by Crippen LogP contribution is -2.32. The van der Waals surface area contributed by atoms with Crippen molar-refractivity contribution in [3.63, 3.8) is 0 Å². The molecule has 0 saturated carbocycles. The molecule has 0 spiro atoms. The molecular weight excluding hydrogens is 226 g/mol. The van der Waals surface area contributed by atoms with E-state index < -0.39 is 0 Å². The Labute approximate surface area is 109 Å². The Morgan fingerprint density at radius 1 is 1.22 bits per heavy atom. The Morgan fingerprint density at radius 3 is 2.39 bits per heavy atom. The number of likely N-dealkylation sites (tertiary alicyclic amines) is 1. The molecule has 0 unspecified atom stereocenters. The number of hydrogen-bond donors (Lipinski definition) is 0. The van der Waals surface area contributed by atoms with Crippen LogP contribution in [0, 0.1) is 0 Å². The number of ether oxygens (including phenoxy) is 1. The molecule has 98 valence electrons. The summed E-state index contributed by atoms with van der Waals surface area (Å²) in [5.74, 6) is 1.39. The Balaban J connectivity index is 1.84. The topological polar surface area (TPSA) is 29.5 Å². The maximum absolute atomic E-state index is 11.8. The van der Waals surface area contributed by atoms with Gasteiger partial charge in [0, 0.05) is 13.1 Å². The highest BCUT2D eigenvalue weighted by molar-refractivity contribution is 5.78. The fourth-order valence-corrected chi connectivity index (χ4v) is 2.15. The van der Waals surface area contributed by atoms with Crippen LogP contribution in [0.25, 0.3) is 0 Å². The van der Waals surface area contributed by atoms with E-state index in [1.54, 1.807) is 0 Å². The number of carbonyl (C=O) groups is 1. The zero-order chi connectivity index (χ0) is 13.0. The number of rotatable bonds is 4. The number of amides is 1. The van der Waals surface area contributed by atoms with Gasteiger partial charge in [-0.15, -0.1) is 0 Å². The molecule has 0 aliphatic carbocycles. The van der Waals surface area contributed by atoms with E-state index in [1.807, 2.05) is 17.0 Å². The maximum Gasteiger partial charge on any atom is 0.260 e. The van der Waals surface area contributed by atoms with Crippen molar-refractivity contribution in [2.75, 3.05) is 19.7 Å². The third-order valence-electron chi connectivity index (χ3n) is 3.37. The van der Waals surface area contributed by atoms with Gasteiger partial charge >= 0.3 is 0 Å². The highest BCUT2D eigenvalue weighted by Gasteiger charge is 2.17. The number of nitrogens with zero attached hydrogens (tertiary/aromatic N) is 1. The molecule has 0 aromatic heterocycles. The molecule has 1 aromatic rings. The van der Waals surface area contributed by atoms with E-state index in [0.717, 1.165) is 31.7 Å². The molecule has 1 aromatic carbocycles. The molecule has 1 fully saturated rings. The maximum atomic E-state index is 11.8. The van der Waals surface area contributed by atoms with Crippen LogP contribution in [-0.4, -0.2) is 30.5 Å². The van der Waals surface area contributed by atoms with Crippen molar-refractivity contribution in [1.82, 2.24) is 4.90 Å². The SMILES string of the molecule is CC(C)c1ccc(OCC(=O)N2CCCC2)cc1. The predicted octanol–water partition coefficient (Wildman–Crippen LogP) is 2.81. The molecule has 2 rings (SSSR count). The second kappa shape index (κ2) is 5.89. The normalized spacial score (nSPS) is 15.2. The zero-order valence-electron chi connectivity index (χ0n) is 11.2. The van der Waals surface area contributed by atoms with Gasteiger partial charge in [0.2, 0.25) is 0 Å². The van der Waals surface area contributed by atoms with Crippen molar-refractivity contribution in [3.05, 3.63) is 29.8 Å². The van der Waals surface area contributed by atoms with Gasteiger partial charge in [-0.25, -0.2) is 0 Å². The summed E-state index contributed by atoms with van der Waals surface area (Å²) in [5.41, 5.74) is 1.29. The summed E-state index contributed by atoms with van der Waals surface area (Å²) in [4.78, 5) is 13.7. The van der Waals surface area contributed by atoms with Gasteiger partial charge in [0.25, 0.3) is 5.91 Å². The standard InChI is InChI=1S/C15H21NO2/c1-12(2)13-5-7-14(8-6-13)18-11-15(17)16-9-3-4-10-16/h5-8,12H,3-4,9-11H2,1-2H3. The van der Waals surface area contributed by atoms with Crippen molar-refractivity contribution in [2.45, 2.75) is 32.6 Å². The quantitative estimate of drug-likeness (QED) is 0.818. The van der Waals surface area contributed by atoms with Gasteiger partial charge in [0.05, 0.1) is 0 Å². The summed E-state index contributed by atoms with van der Waals surface area (Å²) in [6, 6.07) is 7.99. The van der Waals surface area contributed by atoms with Crippen molar-refractivity contribution in [1.29, 1.82) is 0 Å². The van der Waals surface area contributed by atoms with Gasteiger partial charge in [0.15, 0.2) is 6.61 Å². The Morgan fingerprint density at radius 2 is 1.83 bits per heavy atom. The largest absolute Gasteiger partial charge is 0.484 e. The number of carbonyl (C=O) groups excluding carboxylic acids is 1. The van der Waals surface area contributed by atoms with Crippen LogP contribution in [0.5, 0.6) is 5.75 Å². The molecule has 0 atom stereocenters. The first-order valence-corrected chi connectivity index (χ1v) is 6.67. The fraction of sp³-hybridized carbons (Fsp3) is 0.533. The van der Waals surface area contributed by atoms with Gasteiger partial charge < -0.3 is 9.64 Å². The van der Waals surface area contributed by atoms with E-state index in [2.05, 4.69) is 26.0 Å². The van der Waals surface area contributed by atoms with E-state index >= 15 is 0 Å². The van der Waals surface area contributed by atoms with Crippen LogP contribution < -0.4 is 4.74 Å². The van der Waals surface area contributed by atoms with E-state index in [1.165, 1.54) is 5.56 Å². The highest BCUT2D eigenvalue weighted by atomic mass is 16.5. The van der Waals surface area contributed by atoms with Gasteiger partial charge in [-0.05, 0) is 36.5 Å². The Kier molecular flexibility index (Phi) is 4.24. The molecule has 1 heterocycles. The van der Waals surface area contributed by atoms with Gasteiger partial charge in [-0.3, -0.25) is 4.79 Å². The van der Waals surface area contributed by atoms with Crippen LogP contribution >= 0.6 is 0 Å². The van der Waals surface area contributed by atoms with Crippen LogP contribution in [0.1, 0.15) is 38.2 Å². The van der Waals surface area contributed by atoms with E-state index in [-0.39, 0.29) is 12.5 Å². The zero-order valence-corrected chi connectivity index (χ0v) is 11.2. The molecule has 1 aliphatic rings. The highest BCUT2D eigenvalue weighted by Crippen LogP contribution is 2.18. The van der Waals surface area contributed by atoms with E-state index in [0.29, 0.717) is 5.92 Å². The molecule has 0 radical (unpaired) electrons. The van der Waals surface area contributed by atoms with Crippen LogP contribution in [-0.2, 0) is 4.79 Å². The van der Waals surface area contributed by atoms with Gasteiger partial charge in [-0.2, -0.15) is 0 Å². The monoisotopic (exact) mass is 247 g/mol. The lowest BCUT2D eigenvalue weighted by atomic mass is 10.0. The van der Waals surface area contributed by atoms with Crippen molar-refractivity contribution in [3.8, 4) is 5.75 Å². The molecule has 1 amide bonds. The van der Waals surface area contributed by atoms with Crippen LogP contribution in [0.4, 0.5) is 0 Å². The van der Waals surface area contributed by atoms with Crippen molar-refractivity contribution in [2.24, 2.45) is 0 Å². The second-order valence-corrected chi connectivity index (χ2v) is 5.10. The van der Waals surface area contributed by atoms with E-state index in [4.69, 9.17) is 4.74 Å². The van der Waals surface area contributed by atoms with Crippen molar-refractivity contribution >= 4 is 5.91 Å². The average Bonchev–Trinajstić information content (AvgIpc) is 2.90. The average molecular weight is 247 g/mol. The van der Waals surface area contributed by atoms with Crippen LogP contribution in [0.15, 0.2) is 24.3 Å². The molecule has 18 heavy (non-hydrogen) atoms. The minimum absolute atomic E-state index is 0.0976. The van der Waals surface area contributed by atoms with Gasteiger partial charge in [0.1, 0.15) is 5.75 Å². The summed E-state index contributed by atoms with van der Waals surface area (Å²) in [7, 11) is 0. The summed E-state index contributed by atoms with van der Waals surface area (Å²) >= 11 is 0. The Bertz CT molecular complexity index is 391. The molecular formula is C15H21NO2. The number of hydrogen-bond acceptors (Lipinski definition) is 2. The smallest absolute Gasteiger partial charge is 0.260 e. The van der Waals surface area contributed by atoms with Gasteiger partial charge in [-0.1, -0.05) is 26.0 Å². The van der Waals surface area contributed by atoms with Crippen LogP contribution in [0.3, 0.4) is 0 Å². The predicted molar refractivity (Wildman–Crippen MR) is 71.8 cm³/mol. The van der Waals surface area contributed by atoms with Crippen molar-refractivity contribution < 1.29 is 9.53 Å². The second-order valence-electron chi connectivity index (χ2n) is 5.10. The lowest BCUT2D eigenvalue weighted by molar-refractivity contribution is -0.132. The molecule has 0 bridgehead atoms. The first-order valence-electron chi connectivity index (χ1n) is 6.67. The molecule has 3 heteroatoms. The summed E-state index contributed by atoms with van der Waals surface area (Å²) in [6.45, 7) is 6.24. The van der Waals surface area contributed by atoms with Crippen LogP contribution in [0.2, 0.25) is 0 Å². The summed E-state index contributed by atoms with van der Waals surface area (Å²) in [5, 5.41) is 0. The molecule has 0 N–H and O–H groups in total. The Hall–Kier alpha value is -1.51. The minimum atomic E-state index is 0.0976. The van der Waals surface area contributed by atoms with E-state index in [9.17, 15) is 4.79 Å². The molecule has 3 nitrogen and oxygen atoms in total. The summed E-state index contributed by atoms with van der Waals surface area (Å²) < 4.78 is 5.52. The molecule has 1 saturated heterocycles. The first kappa shape index (κ1) is 12.9. The fourth-order valence-electron chi connectivity index (χ4n) is 2.15. The lowest BCUT2D eigenvalue weighted by Gasteiger charge is -2.15.